The number of benzene rings is 2. The second-order valence-corrected chi connectivity index (χ2v) is 6.82. The van der Waals surface area contributed by atoms with Crippen LogP contribution >= 0.6 is 23.2 Å². The van der Waals surface area contributed by atoms with Crippen molar-refractivity contribution in [1.82, 2.24) is 4.90 Å². The number of anilines is 1. The number of fused-ring (bicyclic) bond motifs is 1. The second kappa shape index (κ2) is 8.50. The standard InChI is InChI=1S/C19H18Cl2N2O4/c1-22(8-9-26-16-5-3-2-4-14(16)21)18(24)11-23-15-10-13(20)6-7-17(15)27-12-19(23)25/h2-7,10H,8-9,11-12H2,1H3. The van der Waals surface area contributed by atoms with Gasteiger partial charge in [0.15, 0.2) is 6.61 Å². The lowest BCUT2D eigenvalue weighted by molar-refractivity contribution is -0.131. The van der Waals surface area contributed by atoms with Crippen molar-refractivity contribution < 1.29 is 19.1 Å². The smallest absolute Gasteiger partial charge is 0.265 e. The lowest BCUT2D eigenvalue weighted by atomic mass is 10.2. The minimum Gasteiger partial charge on any atom is -0.490 e. The number of carbonyl (C=O) groups is 2. The third-order valence-electron chi connectivity index (χ3n) is 4.10. The number of hydrogen-bond acceptors (Lipinski definition) is 4. The summed E-state index contributed by atoms with van der Waals surface area (Å²) in [5, 5.41) is 0.977. The van der Waals surface area contributed by atoms with Gasteiger partial charge < -0.3 is 14.4 Å². The van der Waals surface area contributed by atoms with Crippen molar-refractivity contribution in [3.63, 3.8) is 0 Å². The number of rotatable bonds is 6. The van der Waals surface area contributed by atoms with E-state index in [2.05, 4.69) is 0 Å². The van der Waals surface area contributed by atoms with Crippen molar-refractivity contribution in [1.29, 1.82) is 0 Å². The van der Waals surface area contributed by atoms with E-state index < -0.39 is 0 Å². The molecule has 0 fully saturated rings. The summed E-state index contributed by atoms with van der Waals surface area (Å²) in [5.74, 6) is 0.571. The van der Waals surface area contributed by atoms with Crippen molar-refractivity contribution >= 4 is 40.7 Å². The molecule has 0 saturated heterocycles. The van der Waals surface area contributed by atoms with E-state index >= 15 is 0 Å². The van der Waals surface area contributed by atoms with Gasteiger partial charge in [-0.05, 0) is 30.3 Å². The second-order valence-electron chi connectivity index (χ2n) is 5.97. The molecule has 8 heteroatoms. The van der Waals surface area contributed by atoms with Crippen LogP contribution in [0.2, 0.25) is 10.0 Å². The average molecular weight is 409 g/mol. The van der Waals surface area contributed by atoms with Gasteiger partial charge in [-0.3, -0.25) is 14.5 Å². The predicted molar refractivity (Wildman–Crippen MR) is 104 cm³/mol. The fourth-order valence-electron chi connectivity index (χ4n) is 2.58. The fourth-order valence-corrected chi connectivity index (χ4v) is 2.94. The zero-order chi connectivity index (χ0) is 19.4. The number of amides is 2. The van der Waals surface area contributed by atoms with Crippen molar-refractivity contribution in [3.05, 3.63) is 52.5 Å². The molecule has 0 N–H and O–H groups in total. The molecule has 2 aromatic carbocycles. The lowest BCUT2D eigenvalue weighted by Crippen LogP contribution is -2.46. The minimum atomic E-state index is -0.293. The molecular formula is C19H18Cl2N2O4. The Bertz CT molecular complexity index is 859. The number of ether oxygens (including phenoxy) is 2. The highest BCUT2D eigenvalue weighted by Gasteiger charge is 2.28. The Morgan fingerprint density at radius 3 is 2.81 bits per heavy atom. The molecule has 0 aromatic heterocycles. The first-order valence-corrected chi connectivity index (χ1v) is 9.05. The lowest BCUT2D eigenvalue weighted by Gasteiger charge is -2.30. The number of nitrogens with zero attached hydrogens (tertiary/aromatic N) is 2. The molecule has 0 radical (unpaired) electrons. The predicted octanol–water partition coefficient (Wildman–Crippen LogP) is 3.26. The molecular weight excluding hydrogens is 391 g/mol. The summed E-state index contributed by atoms with van der Waals surface area (Å²) < 4.78 is 11.0. The van der Waals surface area contributed by atoms with Crippen LogP contribution in [0.15, 0.2) is 42.5 Å². The Hall–Kier alpha value is -2.44. The Morgan fingerprint density at radius 2 is 2.04 bits per heavy atom. The highest BCUT2D eigenvalue weighted by molar-refractivity contribution is 6.32. The van der Waals surface area contributed by atoms with Gasteiger partial charge in [-0.1, -0.05) is 35.3 Å². The highest BCUT2D eigenvalue weighted by atomic mass is 35.5. The van der Waals surface area contributed by atoms with Crippen LogP contribution in [0.1, 0.15) is 0 Å². The molecule has 0 bridgehead atoms. The van der Waals surface area contributed by atoms with Crippen molar-refractivity contribution in [2.45, 2.75) is 0 Å². The minimum absolute atomic E-state index is 0.0991. The van der Waals surface area contributed by atoms with Crippen LogP contribution in [0.5, 0.6) is 11.5 Å². The summed E-state index contributed by atoms with van der Waals surface area (Å²) in [7, 11) is 1.65. The summed E-state index contributed by atoms with van der Waals surface area (Å²) in [4.78, 5) is 27.6. The van der Waals surface area contributed by atoms with Crippen LogP contribution in [0.4, 0.5) is 5.69 Å². The first-order chi connectivity index (χ1) is 13.0. The van der Waals surface area contributed by atoms with Crippen LogP contribution < -0.4 is 14.4 Å². The quantitative estimate of drug-likeness (QED) is 0.735. The molecule has 1 aliphatic heterocycles. The Balaban J connectivity index is 1.59. The molecule has 27 heavy (non-hydrogen) atoms. The van der Waals surface area contributed by atoms with E-state index in [1.54, 1.807) is 37.4 Å². The van der Waals surface area contributed by atoms with E-state index in [9.17, 15) is 9.59 Å². The molecule has 3 rings (SSSR count). The number of hydrogen-bond donors (Lipinski definition) is 0. The van der Waals surface area contributed by atoms with E-state index in [1.807, 2.05) is 12.1 Å². The Kier molecular flexibility index (Phi) is 6.08. The molecule has 0 unspecified atom stereocenters. The Morgan fingerprint density at radius 1 is 1.26 bits per heavy atom. The zero-order valence-corrected chi connectivity index (χ0v) is 16.2. The first kappa shape index (κ1) is 19.3. The van der Waals surface area contributed by atoms with Gasteiger partial charge in [-0.15, -0.1) is 0 Å². The molecule has 2 aromatic rings. The number of carbonyl (C=O) groups excluding carboxylic acids is 2. The topological polar surface area (TPSA) is 59.1 Å². The first-order valence-electron chi connectivity index (χ1n) is 8.29. The van der Waals surface area contributed by atoms with E-state index in [0.29, 0.717) is 33.8 Å². The summed E-state index contributed by atoms with van der Waals surface area (Å²) >= 11 is 12.0. The summed E-state index contributed by atoms with van der Waals surface area (Å²) in [6.07, 6.45) is 0. The van der Waals surface area contributed by atoms with E-state index in [1.165, 1.54) is 9.80 Å². The highest BCUT2D eigenvalue weighted by Crippen LogP contribution is 2.34. The van der Waals surface area contributed by atoms with Crippen LogP contribution in [0.25, 0.3) is 0 Å². The SMILES string of the molecule is CN(CCOc1ccccc1Cl)C(=O)CN1C(=O)COc2ccc(Cl)cc21. The van der Waals surface area contributed by atoms with Crippen LogP contribution in [0.3, 0.4) is 0 Å². The van der Waals surface area contributed by atoms with E-state index in [-0.39, 0.29) is 31.6 Å². The van der Waals surface area contributed by atoms with Gasteiger partial charge in [0.25, 0.3) is 5.91 Å². The molecule has 1 aliphatic rings. The fraction of sp³-hybridized carbons (Fsp3) is 0.263. The maximum Gasteiger partial charge on any atom is 0.265 e. The van der Waals surface area contributed by atoms with Gasteiger partial charge in [-0.2, -0.15) is 0 Å². The van der Waals surface area contributed by atoms with E-state index in [4.69, 9.17) is 32.7 Å². The van der Waals surface area contributed by atoms with Crippen molar-refractivity contribution in [2.75, 3.05) is 38.3 Å². The van der Waals surface area contributed by atoms with Gasteiger partial charge in [0, 0.05) is 12.1 Å². The largest absolute Gasteiger partial charge is 0.490 e. The van der Waals surface area contributed by atoms with Crippen molar-refractivity contribution in [2.24, 2.45) is 0 Å². The van der Waals surface area contributed by atoms with Gasteiger partial charge in [0.05, 0.1) is 17.3 Å². The van der Waals surface area contributed by atoms with Crippen molar-refractivity contribution in [3.8, 4) is 11.5 Å². The average Bonchev–Trinajstić information content (AvgIpc) is 2.65. The Labute approximate surface area is 167 Å². The molecule has 0 spiro atoms. The molecule has 0 saturated carbocycles. The van der Waals surface area contributed by atoms with E-state index in [0.717, 1.165) is 0 Å². The number of para-hydroxylation sites is 1. The molecule has 142 valence electrons. The van der Waals surface area contributed by atoms with Crippen LogP contribution in [-0.2, 0) is 9.59 Å². The van der Waals surface area contributed by atoms with Gasteiger partial charge in [0.2, 0.25) is 5.91 Å². The zero-order valence-electron chi connectivity index (χ0n) is 14.7. The van der Waals surface area contributed by atoms with Crippen LogP contribution in [-0.4, -0.2) is 50.1 Å². The number of likely N-dealkylation sites (N-methyl/N-ethyl adjacent to an activating group) is 1. The van der Waals surface area contributed by atoms with Gasteiger partial charge >= 0.3 is 0 Å². The van der Waals surface area contributed by atoms with Gasteiger partial charge in [-0.25, -0.2) is 0 Å². The normalized spacial score (nSPS) is 13.0. The molecule has 6 nitrogen and oxygen atoms in total. The maximum atomic E-state index is 12.5. The third kappa shape index (κ3) is 4.64. The van der Waals surface area contributed by atoms with Gasteiger partial charge in [0.1, 0.15) is 24.7 Å². The van der Waals surface area contributed by atoms with Crippen LogP contribution in [0, 0.1) is 0 Å². The molecule has 0 aliphatic carbocycles. The summed E-state index contributed by atoms with van der Waals surface area (Å²) in [5.41, 5.74) is 0.493. The molecule has 0 atom stereocenters. The number of halogens is 2. The molecule has 2 amide bonds. The third-order valence-corrected chi connectivity index (χ3v) is 4.65. The summed E-state index contributed by atoms with van der Waals surface area (Å²) in [6, 6.07) is 12.1. The summed E-state index contributed by atoms with van der Waals surface area (Å²) in [6.45, 7) is 0.426. The monoisotopic (exact) mass is 408 g/mol. The maximum absolute atomic E-state index is 12.5. The molecule has 1 heterocycles.